The van der Waals surface area contributed by atoms with Gasteiger partial charge in [-0.3, -0.25) is 4.99 Å². The molecule has 2 heterocycles. The van der Waals surface area contributed by atoms with Gasteiger partial charge in [-0.15, -0.1) is 5.10 Å². The van der Waals surface area contributed by atoms with Crippen LogP contribution in [0, 0.1) is 5.82 Å². The number of benzene rings is 1. The highest BCUT2D eigenvalue weighted by molar-refractivity contribution is 5.97. The Morgan fingerprint density at radius 2 is 2.00 bits per heavy atom. The lowest BCUT2D eigenvalue weighted by Crippen LogP contribution is -2.23. The standard InChI is InChI=1S/C17H18F3N5/c1-11-7-24(10-21-12(11)2)8-13-9-25(23-22-13)14-4-5-16(18)15(6-14)17(3,19)20/h4-7,9H,8,10H2,1-3H3. The van der Waals surface area contributed by atoms with E-state index in [4.69, 9.17) is 0 Å². The SMILES string of the molecule is CC1=CN(Cc2cn(-c3ccc(F)c(C(C)(F)F)c3)nn2)CN=C1C. The minimum Gasteiger partial charge on any atom is -0.352 e. The molecule has 0 atom stereocenters. The van der Waals surface area contributed by atoms with Crippen molar-refractivity contribution in [2.24, 2.45) is 4.99 Å². The Morgan fingerprint density at radius 1 is 1.24 bits per heavy atom. The smallest absolute Gasteiger partial charge is 0.273 e. The second-order valence-corrected chi connectivity index (χ2v) is 6.15. The second-order valence-electron chi connectivity index (χ2n) is 6.15. The van der Waals surface area contributed by atoms with Crippen molar-refractivity contribution in [3.63, 3.8) is 0 Å². The van der Waals surface area contributed by atoms with Crippen LogP contribution >= 0.6 is 0 Å². The highest BCUT2D eigenvalue weighted by Crippen LogP contribution is 2.30. The first-order valence-electron chi connectivity index (χ1n) is 7.77. The van der Waals surface area contributed by atoms with Gasteiger partial charge in [0.05, 0.1) is 24.0 Å². The summed E-state index contributed by atoms with van der Waals surface area (Å²) in [5.74, 6) is -4.21. The molecule has 0 saturated heterocycles. The maximum Gasteiger partial charge on any atom is 0.273 e. The van der Waals surface area contributed by atoms with Crippen molar-refractivity contribution in [2.45, 2.75) is 33.2 Å². The molecule has 0 aliphatic carbocycles. The fourth-order valence-corrected chi connectivity index (χ4v) is 2.52. The Labute approximate surface area is 143 Å². The van der Waals surface area contributed by atoms with Crippen LogP contribution in [0.15, 0.2) is 41.2 Å². The van der Waals surface area contributed by atoms with Gasteiger partial charge in [0.2, 0.25) is 0 Å². The number of rotatable bonds is 4. The van der Waals surface area contributed by atoms with Crippen LogP contribution in [0.1, 0.15) is 32.0 Å². The monoisotopic (exact) mass is 349 g/mol. The van der Waals surface area contributed by atoms with Crippen molar-refractivity contribution in [3.05, 3.63) is 53.2 Å². The van der Waals surface area contributed by atoms with Crippen molar-refractivity contribution >= 4 is 5.71 Å². The fourth-order valence-electron chi connectivity index (χ4n) is 2.52. The Bertz CT molecular complexity index is 848. The number of aliphatic imine (C=N–C) groups is 1. The number of hydrogen-bond acceptors (Lipinski definition) is 4. The van der Waals surface area contributed by atoms with E-state index in [2.05, 4.69) is 15.3 Å². The third kappa shape index (κ3) is 3.72. The number of hydrogen-bond donors (Lipinski definition) is 0. The lowest BCUT2D eigenvalue weighted by Gasteiger charge is -2.22. The lowest BCUT2D eigenvalue weighted by molar-refractivity contribution is 0.0137. The van der Waals surface area contributed by atoms with Crippen LogP contribution in [-0.2, 0) is 12.5 Å². The molecule has 0 bridgehead atoms. The van der Waals surface area contributed by atoms with Gasteiger partial charge in [-0.05, 0) is 37.6 Å². The van der Waals surface area contributed by atoms with Crippen molar-refractivity contribution in [2.75, 3.05) is 6.67 Å². The van der Waals surface area contributed by atoms with Crippen molar-refractivity contribution in [1.29, 1.82) is 0 Å². The second kappa shape index (κ2) is 6.34. The highest BCUT2D eigenvalue weighted by atomic mass is 19.3. The van der Waals surface area contributed by atoms with E-state index in [0.717, 1.165) is 23.4 Å². The molecule has 1 aromatic carbocycles. The van der Waals surface area contributed by atoms with Gasteiger partial charge in [0, 0.05) is 18.8 Å². The molecule has 0 fully saturated rings. The van der Waals surface area contributed by atoms with E-state index in [1.54, 1.807) is 6.20 Å². The average molecular weight is 349 g/mol. The van der Waals surface area contributed by atoms with E-state index >= 15 is 0 Å². The first-order valence-corrected chi connectivity index (χ1v) is 7.77. The molecular formula is C17H18F3N5. The van der Waals surface area contributed by atoms with Crippen LogP contribution in [0.5, 0.6) is 0 Å². The average Bonchev–Trinajstić information content (AvgIpc) is 2.99. The van der Waals surface area contributed by atoms with Gasteiger partial charge in [-0.1, -0.05) is 5.21 Å². The molecule has 0 radical (unpaired) electrons. The molecule has 0 amide bonds. The third-order valence-electron chi connectivity index (χ3n) is 4.03. The number of alkyl halides is 2. The van der Waals surface area contributed by atoms with Gasteiger partial charge in [0.1, 0.15) is 18.2 Å². The summed E-state index contributed by atoms with van der Waals surface area (Å²) < 4.78 is 41.9. The van der Waals surface area contributed by atoms with Gasteiger partial charge < -0.3 is 4.90 Å². The number of allylic oxidation sites excluding steroid dienone is 1. The van der Waals surface area contributed by atoms with Crippen molar-refractivity contribution in [1.82, 2.24) is 19.9 Å². The Hall–Kier alpha value is -2.64. The lowest BCUT2D eigenvalue weighted by atomic mass is 10.1. The van der Waals surface area contributed by atoms with E-state index < -0.39 is 17.3 Å². The summed E-state index contributed by atoms with van der Waals surface area (Å²) >= 11 is 0. The maximum atomic E-state index is 13.6. The molecule has 1 aliphatic heterocycles. The minimum atomic E-state index is -3.27. The summed E-state index contributed by atoms with van der Waals surface area (Å²) in [7, 11) is 0. The Kier molecular flexibility index (Phi) is 4.36. The predicted octanol–water partition coefficient (Wildman–Crippen LogP) is 3.66. The first-order chi connectivity index (χ1) is 11.7. The van der Waals surface area contributed by atoms with Crippen molar-refractivity contribution < 1.29 is 13.2 Å². The predicted molar refractivity (Wildman–Crippen MR) is 88.2 cm³/mol. The molecule has 1 aromatic heterocycles. The summed E-state index contributed by atoms with van der Waals surface area (Å²) in [5.41, 5.74) is 2.40. The zero-order valence-electron chi connectivity index (χ0n) is 14.2. The molecule has 0 spiro atoms. The molecule has 5 nitrogen and oxygen atoms in total. The first kappa shape index (κ1) is 17.2. The Morgan fingerprint density at radius 3 is 2.68 bits per heavy atom. The molecule has 0 N–H and O–H groups in total. The molecule has 8 heteroatoms. The van der Waals surface area contributed by atoms with Crippen LogP contribution in [-0.4, -0.2) is 32.3 Å². The largest absolute Gasteiger partial charge is 0.352 e. The summed E-state index contributed by atoms with van der Waals surface area (Å²) in [6.45, 7) is 5.61. The quantitative estimate of drug-likeness (QED) is 0.846. The summed E-state index contributed by atoms with van der Waals surface area (Å²) in [4.78, 5) is 6.38. The minimum absolute atomic E-state index is 0.330. The molecule has 1 aliphatic rings. The van der Waals surface area contributed by atoms with Gasteiger partial charge in [-0.2, -0.15) is 0 Å². The maximum absolute atomic E-state index is 13.6. The van der Waals surface area contributed by atoms with Crippen LogP contribution in [0.25, 0.3) is 5.69 Å². The van der Waals surface area contributed by atoms with Gasteiger partial charge in [0.15, 0.2) is 0 Å². The molecule has 3 rings (SSSR count). The van der Waals surface area contributed by atoms with E-state index in [-0.39, 0.29) is 0 Å². The van der Waals surface area contributed by atoms with Crippen molar-refractivity contribution in [3.8, 4) is 5.69 Å². The van der Waals surface area contributed by atoms with Gasteiger partial charge >= 0.3 is 0 Å². The zero-order chi connectivity index (χ0) is 18.2. The normalized spacial score (nSPS) is 15.2. The Balaban J connectivity index is 1.81. The summed E-state index contributed by atoms with van der Waals surface area (Å²) in [6.07, 6.45) is 3.63. The number of aromatic nitrogens is 3. The third-order valence-corrected chi connectivity index (χ3v) is 4.03. The molecule has 25 heavy (non-hydrogen) atoms. The molecule has 2 aromatic rings. The zero-order valence-corrected chi connectivity index (χ0v) is 14.2. The molecule has 132 valence electrons. The summed E-state index contributed by atoms with van der Waals surface area (Å²) in [5, 5.41) is 8.01. The van der Waals surface area contributed by atoms with E-state index in [9.17, 15) is 13.2 Å². The van der Waals surface area contributed by atoms with Crippen LogP contribution in [0.4, 0.5) is 13.2 Å². The number of nitrogens with zero attached hydrogens (tertiary/aromatic N) is 5. The number of halogens is 3. The van der Waals surface area contributed by atoms with Crippen LogP contribution < -0.4 is 0 Å². The van der Waals surface area contributed by atoms with Gasteiger partial charge in [-0.25, -0.2) is 17.9 Å². The molecular weight excluding hydrogens is 331 g/mol. The van der Waals surface area contributed by atoms with Crippen LogP contribution in [0.3, 0.4) is 0 Å². The van der Waals surface area contributed by atoms with Gasteiger partial charge in [0.25, 0.3) is 5.92 Å². The topological polar surface area (TPSA) is 46.3 Å². The van der Waals surface area contributed by atoms with E-state index in [1.165, 1.54) is 10.7 Å². The fraction of sp³-hybridized carbons (Fsp3) is 0.353. The highest BCUT2D eigenvalue weighted by Gasteiger charge is 2.28. The van der Waals surface area contributed by atoms with Crippen LogP contribution in [0.2, 0.25) is 0 Å². The van der Waals surface area contributed by atoms with E-state index in [0.29, 0.717) is 31.5 Å². The van der Waals surface area contributed by atoms with E-state index in [1.807, 2.05) is 24.9 Å². The summed E-state index contributed by atoms with van der Waals surface area (Å²) in [6, 6.07) is 3.49. The molecule has 0 unspecified atom stereocenters. The molecule has 0 saturated carbocycles.